The fourth-order valence-electron chi connectivity index (χ4n) is 3.09. The van der Waals surface area contributed by atoms with E-state index in [2.05, 4.69) is 15.3 Å². The van der Waals surface area contributed by atoms with Gasteiger partial charge in [0.2, 0.25) is 5.91 Å². The molecule has 0 bridgehead atoms. The van der Waals surface area contributed by atoms with E-state index < -0.39 is 0 Å². The summed E-state index contributed by atoms with van der Waals surface area (Å²) in [7, 11) is 0. The van der Waals surface area contributed by atoms with Crippen molar-refractivity contribution in [1.29, 1.82) is 0 Å². The van der Waals surface area contributed by atoms with Gasteiger partial charge in [-0.25, -0.2) is 14.4 Å². The van der Waals surface area contributed by atoms with Crippen molar-refractivity contribution in [3.63, 3.8) is 0 Å². The maximum atomic E-state index is 12.9. The van der Waals surface area contributed by atoms with Gasteiger partial charge in [-0.15, -0.1) is 0 Å². The van der Waals surface area contributed by atoms with Crippen molar-refractivity contribution < 1.29 is 13.9 Å². The molecule has 0 radical (unpaired) electrons. The van der Waals surface area contributed by atoms with E-state index in [0.29, 0.717) is 18.8 Å². The number of halogens is 1. The second-order valence-electron chi connectivity index (χ2n) is 6.44. The number of nitrogens with one attached hydrogen (secondary N) is 1. The summed E-state index contributed by atoms with van der Waals surface area (Å²) in [6, 6.07) is 13.6. The minimum atomic E-state index is -0.306. The lowest BCUT2D eigenvalue weighted by atomic mass is 10.1. The molecule has 0 aliphatic carbocycles. The van der Waals surface area contributed by atoms with Gasteiger partial charge >= 0.3 is 0 Å². The molecule has 1 atom stereocenters. The molecular formula is C22H18FN3O2. The SMILES string of the molecule is O=C(/C=C/c1ccc(F)cc1)NCC1Cc2cccc(-c3ncccn3)c2O1. The zero-order chi connectivity index (χ0) is 19.3. The highest BCUT2D eigenvalue weighted by molar-refractivity contribution is 5.91. The van der Waals surface area contributed by atoms with E-state index in [1.165, 1.54) is 18.2 Å². The molecule has 0 saturated heterocycles. The number of fused-ring (bicyclic) bond motifs is 1. The number of para-hydroxylation sites is 1. The highest BCUT2D eigenvalue weighted by Crippen LogP contribution is 2.37. The van der Waals surface area contributed by atoms with Crippen LogP contribution in [-0.4, -0.2) is 28.5 Å². The number of hydrogen-bond acceptors (Lipinski definition) is 4. The first-order chi connectivity index (χ1) is 13.7. The third kappa shape index (κ3) is 4.06. The third-order valence-electron chi connectivity index (χ3n) is 4.44. The van der Waals surface area contributed by atoms with Crippen LogP contribution < -0.4 is 10.1 Å². The van der Waals surface area contributed by atoms with E-state index in [0.717, 1.165) is 22.4 Å². The normalized spacial score (nSPS) is 15.2. The highest BCUT2D eigenvalue weighted by atomic mass is 19.1. The quantitative estimate of drug-likeness (QED) is 0.694. The molecule has 2 heterocycles. The molecule has 1 N–H and O–H groups in total. The molecule has 140 valence electrons. The Bertz CT molecular complexity index is 1000. The van der Waals surface area contributed by atoms with E-state index in [-0.39, 0.29) is 17.8 Å². The molecule has 2 aromatic carbocycles. The standard InChI is InChI=1S/C22H18FN3O2/c23-17-8-5-15(6-9-17)7-10-20(27)26-14-18-13-16-3-1-4-19(21(16)28-18)22-24-11-2-12-25-22/h1-12,18H,13-14H2,(H,26,27)/b10-7+. The third-order valence-corrected chi connectivity index (χ3v) is 4.44. The molecule has 5 nitrogen and oxygen atoms in total. The summed E-state index contributed by atoms with van der Waals surface area (Å²) in [5.74, 6) is 0.858. The van der Waals surface area contributed by atoms with E-state index in [1.54, 1.807) is 36.7 Å². The Morgan fingerprint density at radius 2 is 1.93 bits per heavy atom. The van der Waals surface area contributed by atoms with Gasteiger partial charge in [0, 0.05) is 24.9 Å². The first kappa shape index (κ1) is 17.9. The summed E-state index contributed by atoms with van der Waals surface area (Å²) in [5, 5.41) is 2.84. The summed E-state index contributed by atoms with van der Waals surface area (Å²) in [5.41, 5.74) is 2.68. The summed E-state index contributed by atoms with van der Waals surface area (Å²) in [4.78, 5) is 20.6. The number of ether oxygens (including phenoxy) is 1. The molecule has 1 aliphatic heterocycles. The minimum Gasteiger partial charge on any atom is -0.487 e. The number of carbonyl (C=O) groups is 1. The Morgan fingerprint density at radius 1 is 1.14 bits per heavy atom. The van der Waals surface area contributed by atoms with Crippen LogP contribution in [0, 0.1) is 5.82 Å². The maximum absolute atomic E-state index is 12.9. The van der Waals surface area contributed by atoms with Gasteiger partial charge in [-0.05, 0) is 41.5 Å². The van der Waals surface area contributed by atoms with E-state index in [4.69, 9.17) is 4.74 Å². The Labute approximate surface area is 161 Å². The number of carbonyl (C=O) groups excluding carboxylic acids is 1. The number of benzene rings is 2. The fourth-order valence-corrected chi connectivity index (χ4v) is 3.09. The highest BCUT2D eigenvalue weighted by Gasteiger charge is 2.26. The lowest BCUT2D eigenvalue weighted by Gasteiger charge is -2.12. The zero-order valence-corrected chi connectivity index (χ0v) is 15.0. The Kier molecular flexibility index (Phi) is 5.10. The molecule has 1 amide bonds. The van der Waals surface area contributed by atoms with Crippen molar-refractivity contribution in [3.05, 3.63) is 83.9 Å². The lowest BCUT2D eigenvalue weighted by Crippen LogP contribution is -2.33. The Morgan fingerprint density at radius 3 is 2.71 bits per heavy atom. The van der Waals surface area contributed by atoms with Crippen LogP contribution in [-0.2, 0) is 11.2 Å². The van der Waals surface area contributed by atoms with Crippen molar-refractivity contribution in [2.45, 2.75) is 12.5 Å². The number of nitrogens with zero attached hydrogens (tertiary/aromatic N) is 2. The van der Waals surface area contributed by atoms with E-state index in [1.807, 2.05) is 18.2 Å². The van der Waals surface area contributed by atoms with Crippen molar-refractivity contribution in [3.8, 4) is 17.1 Å². The van der Waals surface area contributed by atoms with Crippen LogP contribution >= 0.6 is 0 Å². The predicted octanol–water partition coefficient (Wildman–Crippen LogP) is 3.42. The molecule has 0 saturated carbocycles. The molecule has 3 aromatic rings. The Hall–Kier alpha value is -3.54. The van der Waals surface area contributed by atoms with Gasteiger partial charge in [0.1, 0.15) is 17.7 Å². The number of amides is 1. The fraction of sp³-hybridized carbons (Fsp3) is 0.136. The van der Waals surface area contributed by atoms with Gasteiger partial charge < -0.3 is 10.1 Å². The predicted molar refractivity (Wildman–Crippen MR) is 104 cm³/mol. The van der Waals surface area contributed by atoms with Crippen LogP contribution in [0.4, 0.5) is 4.39 Å². The average Bonchev–Trinajstić information content (AvgIpc) is 3.15. The summed E-state index contributed by atoms with van der Waals surface area (Å²) in [6.45, 7) is 0.385. The van der Waals surface area contributed by atoms with Crippen LogP contribution in [0.2, 0.25) is 0 Å². The largest absolute Gasteiger partial charge is 0.487 e. The molecule has 1 unspecified atom stereocenters. The molecule has 0 spiro atoms. The molecule has 0 fully saturated rings. The van der Waals surface area contributed by atoms with Crippen LogP contribution in [0.1, 0.15) is 11.1 Å². The summed E-state index contributed by atoms with van der Waals surface area (Å²) in [6.07, 6.45) is 7.02. The second-order valence-corrected chi connectivity index (χ2v) is 6.44. The molecule has 6 heteroatoms. The van der Waals surface area contributed by atoms with Crippen molar-refractivity contribution in [2.24, 2.45) is 0 Å². The van der Waals surface area contributed by atoms with E-state index in [9.17, 15) is 9.18 Å². The first-order valence-electron chi connectivity index (χ1n) is 8.96. The van der Waals surface area contributed by atoms with Crippen molar-refractivity contribution in [1.82, 2.24) is 15.3 Å². The number of rotatable bonds is 5. The summed E-state index contributed by atoms with van der Waals surface area (Å²) < 4.78 is 19.0. The molecule has 1 aliphatic rings. The van der Waals surface area contributed by atoms with Crippen LogP contribution in [0.25, 0.3) is 17.5 Å². The molecular weight excluding hydrogens is 357 g/mol. The number of aromatic nitrogens is 2. The summed E-state index contributed by atoms with van der Waals surface area (Å²) >= 11 is 0. The molecule has 4 rings (SSSR count). The van der Waals surface area contributed by atoms with Gasteiger partial charge in [-0.2, -0.15) is 0 Å². The van der Waals surface area contributed by atoms with Crippen molar-refractivity contribution >= 4 is 12.0 Å². The zero-order valence-electron chi connectivity index (χ0n) is 15.0. The molecule has 28 heavy (non-hydrogen) atoms. The van der Waals surface area contributed by atoms with Crippen LogP contribution in [0.5, 0.6) is 5.75 Å². The lowest BCUT2D eigenvalue weighted by molar-refractivity contribution is -0.116. The smallest absolute Gasteiger partial charge is 0.244 e. The Balaban J connectivity index is 1.36. The van der Waals surface area contributed by atoms with Gasteiger partial charge in [-0.3, -0.25) is 4.79 Å². The van der Waals surface area contributed by atoms with Crippen molar-refractivity contribution in [2.75, 3.05) is 6.54 Å². The van der Waals surface area contributed by atoms with Gasteiger partial charge in [0.05, 0.1) is 12.1 Å². The minimum absolute atomic E-state index is 0.150. The molecule has 1 aromatic heterocycles. The van der Waals surface area contributed by atoms with Gasteiger partial charge in [0.25, 0.3) is 0 Å². The van der Waals surface area contributed by atoms with Gasteiger partial charge in [0.15, 0.2) is 5.82 Å². The topological polar surface area (TPSA) is 64.1 Å². The average molecular weight is 375 g/mol. The van der Waals surface area contributed by atoms with Gasteiger partial charge in [-0.1, -0.05) is 24.3 Å². The van der Waals surface area contributed by atoms with Crippen LogP contribution in [0.3, 0.4) is 0 Å². The second kappa shape index (κ2) is 8.00. The monoisotopic (exact) mass is 375 g/mol. The maximum Gasteiger partial charge on any atom is 0.244 e. The van der Waals surface area contributed by atoms with Crippen LogP contribution in [0.15, 0.2) is 67.0 Å². The van der Waals surface area contributed by atoms with E-state index >= 15 is 0 Å². The first-order valence-corrected chi connectivity index (χ1v) is 8.96. The number of hydrogen-bond donors (Lipinski definition) is 1.